The topological polar surface area (TPSA) is 75.4 Å². The van der Waals surface area contributed by atoms with Crippen molar-refractivity contribution in [2.75, 3.05) is 16.8 Å². The second-order valence-electron chi connectivity index (χ2n) is 8.30. The van der Waals surface area contributed by atoms with Gasteiger partial charge in [0.2, 0.25) is 11.8 Å². The van der Waals surface area contributed by atoms with Crippen molar-refractivity contribution in [1.29, 1.82) is 0 Å². The predicted octanol–water partition coefficient (Wildman–Crippen LogP) is 3.08. The van der Waals surface area contributed by atoms with E-state index in [0.717, 1.165) is 49.2 Å². The van der Waals surface area contributed by atoms with Gasteiger partial charge in [0, 0.05) is 36.8 Å². The lowest BCUT2D eigenvalue weighted by Crippen LogP contribution is -2.48. The summed E-state index contributed by atoms with van der Waals surface area (Å²) in [6, 6.07) is 6.22. The fraction of sp³-hybridized carbons (Fsp3) is 0.619. The van der Waals surface area contributed by atoms with E-state index in [-0.39, 0.29) is 23.8 Å². The maximum atomic E-state index is 12.8. The number of fused-ring (bicyclic) bond motifs is 3. The number of nitrogens with zero attached hydrogens (tertiary/aromatic N) is 1. The second-order valence-corrected chi connectivity index (χ2v) is 8.30. The monoisotopic (exact) mass is 355 g/mol. The quantitative estimate of drug-likeness (QED) is 0.856. The van der Waals surface area contributed by atoms with Crippen molar-refractivity contribution in [1.82, 2.24) is 0 Å². The molecule has 1 aromatic rings. The molecule has 1 aromatic carbocycles. The minimum Gasteiger partial charge on any atom is -0.327 e. The van der Waals surface area contributed by atoms with Gasteiger partial charge in [-0.15, -0.1) is 0 Å². The van der Waals surface area contributed by atoms with Crippen molar-refractivity contribution in [3.05, 3.63) is 23.8 Å². The molecule has 2 bridgehead atoms. The van der Waals surface area contributed by atoms with Crippen LogP contribution in [0.3, 0.4) is 0 Å². The Morgan fingerprint density at radius 3 is 2.58 bits per heavy atom. The first-order valence-electron chi connectivity index (χ1n) is 10.0. The third kappa shape index (κ3) is 3.25. The normalized spacial score (nSPS) is 30.5. The van der Waals surface area contributed by atoms with E-state index in [1.165, 1.54) is 19.3 Å². The summed E-state index contributed by atoms with van der Waals surface area (Å²) in [5, 5.41) is 3.13. The number of hydrogen-bond donors (Lipinski definition) is 2. The van der Waals surface area contributed by atoms with Gasteiger partial charge in [-0.25, -0.2) is 0 Å². The van der Waals surface area contributed by atoms with Gasteiger partial charge in [0.15, 0.2) is 0 Å². The molecule has 2 aliphatic carbocycles. The van der Waals surface area contributed by atoms with Crippen LogP contribution in [0.15, 0.2) is 18.2 Å². The summed E-state index contributed by atoms with van der Waals surface area (Å²) in [6.45, 7) is 2.38. The Kier molecular flexibility index (Phi) is 4.74. The van der Waals surface area contributed by atoms with Gasteiger partial charge in [0.1, 0.15) is 0 Å². The van der Waals surface area contributed by atoms with Gasteiger partial charge in [0.05, 0.1) is 0 Å². The summed E-state index contributed by atoms with van der Waals surface area (Å²) in [7, 11) is 0. The summed E-state index contributed by atoms with van der Waals surface area (Å²) in [5.41, 5.74) is 9.33. The lowest BCUT2D eigenvalue weighted by atomic mass is 9.65. The van der Waals surface area contributed by atoms with E-state index >= 15 is 0 Å². The Morgan fingerprint density at radius 1 is 1.15 bits per heavy atom. The van der Waals surface area contributed by atoms with Crippen molar-refractivity contribution in [3.63, 3.8) is 0 Å². The van der Waals surface area contributed by atoms with E-state index in [2.05, 4.69) is 5.32 Å². The molecule has 0 spiro atoms. The first-order valence-corrected chi connectivity index (χ1v) is 10.0. The van der Waals surface area contributed by atoms with Crippen molar-refractivity contribution < 1.29 is 9.59 Å². The molecular weight excluding hydrogens is 326 g/mol. The number of aryl methyl sites for hydroxylation is 1. The molecule has 26 heavy (non-hydrogen) atoms. The van der Waals surface area contributed by atoms with E-state index < -0.39 is 0 Å². The Morgan fingerprint density at radius 2 is 1.88 bits per heavy atom. The molecule has 2 amide bonds. The summed E-state index contributed by atoms with van der Waals surface area (Å²) in [6.07, 6.45) is 7.36. The summed E-state index contributed by atoms with van der Waals surface area (Å²) in [4.78, 5) is 26.5. The molecule has 4 rings (SSSR count). The molecule has 2 unspecified atom stereocenters. The van der Waals surface area contributed by atoms with Gasteiger partial charge in [-0.05, 0) is 74.1 Å². The van der Waals surface area contributed by atoms with Crippen LogP contribution >= 0.6 is 0 Å². The third-order valence-electron chi connectivity index (χ3n) is 6.63. The molecule has 1 heterocycles. The molecule has 3 aliphatic rings. The van der Waals surface area contributed by atoms with E-state index in [0.29, 0.717) is 11.8 Å². The van der Waals surface area contributed by atoms with Gasteiger partial charge >= 0.3 is 0 Å². The van der Waals surface area contributed by atoms with Crippen molar-refractivity contribution in [3.8, 4) is 0 Å². The van der Waals surface area contributed by atoms with Crippen molar-refractivity contribution in [2.24, 2.45) is 23.5 Å². The van der Waals surface area contributed by atoms with Crippen LogP contribution in [0.2, 0.25) is 0 Å². The molecule has 140 valence electrons. The maximum absolute atomic E-state index is 12.8. The Hall–Kier alpha value is -1.88. The van der Waals surface area contributed by atoms with Crippen molar-refractivity contribution >= 4 is 23.2 Å². The Bertz CT molecular complexity index is 703. The Balaban J connectivity index is 1.46. The van der Waals surface area contributed by atoms with E-state index in [4.69, 9.17) is 5.73 Å². The minimum absolute atomic E-state index is 0.0767. The predicted molar refractivity (Wildman–Crippen MR) is 103 cm³/mol. The molecule has 1 aliphatic heterocycles. The number of nitrogens with one attached hydrogen (secondary N) is 1. The summed E-state index contributed by atoms with van der Waals surface area (Å²) >= 11 is 0. The molecule has 2 atom stereocenters. The SMILES string of the molecule is CC(=O)N1CCCc2cc(NC(=O)C3CC4CCCC(C3)C4N)ccc21. The Labute approximate surface area is 155 Å². The van der Waals surface area contributed by atoms with Crippen LogP contribution in [0.4, 0.5) is 11.4 Å². The number of carbonyl (C=O) groups excluding carboxylic acids is 2. The zero-order chi connectivity index (χ0) is 18.3. The maximum Gasteiger partial charge on any atom is 0.227 e. The van der Waals surface area contributed by atoms with Crippen LogP contribution < -0.4 is 16.0 Å². The average Bonchev–Trinajstić information content (AvgIpc) is 2.60. The second kappa shape index (κ2) is 7.03. The van der Waals surface area contributed by atoms with Gasteiger partial charge in [-0.3, -0.25) is 9.59 Å². The summed E-state index contributed by atoms with van der Waals surface area (Å²) in [5.74, 6) is 1.30. The fourth-order valence-electron chi connectivity index (χ4n) is 5.25. The first kappa shape index (κ1) is 17.5. The highest BCUT2D eigenvalue weighted by molar-refractivity contribution is 5.95. The minimum atomic E-state index is 0.0767. The van der Waals surface area contributed by atoms with Crippen molar-refractivity contribution in [2.45, 2.75) is 57.9 Å². The summed E-state index contributed by atoms with van der Waals surface area (Å²) < 4.78 is 0. The standard InChI is InChI=1S/C21H29N3O2/c1-13(25)24-9-3-6-14-12-18(7-8-19(14)24)23-21(26)17-10-15-4-2-5-16(11-17)20(15)22/h7-8,12,15-17,20H,2-6,9-11,22H2,1H3,(H,23,26). The molecule has 0 radical (unpaired) electrons. The van der Waals surface area contributed by atoms with Crippen LogP contribution in [-0.2, 0) is 16.0 Å². The fourth-order valence-corrected chi connectivity index (χ4v) is 5.25. The van der Waals surface area contributed by atoms with Crippen LogP contribution in [0, 0.1) is 17.8 Å². The number of anilines is 2. The number of nitrogens with two attached hydrogens (primary N) is 1. The van der Waals surface area contributed by atoms with Crippen LogP contribution in [0.5, 0.6) is 0 Å². The van der Waals surface area contributed by atoms with Gasteiger partial charge in [0.25, 0.3) is 0 Å². The molecule has 5 nitrogen and oxygen atoms in total. The molecule has 0 saturated heterocycles. The number of benzene rings is 1. The highest BCUT2D eigenvalue weighted by Crippen LogP contribution is 2.42. The molecule has 2 fully saturated rings. The van der Waals surface area contributed by atoms with Gasteiger partial charge < -0.3 is 16.0 Å². The number of hydrogen-bond acceptors (Lipinski definition) is 3. The lowest BCUT2D eigenvalue weighted by Gasteiger charge is -2.43. The highest BCUT2D eigenvalue weighted by atomic mass is 16.2. The average molecular weight is 355 g/mol. The number of amides is 2. The largest absolute Gasteiger partial charge is 0.327 e. The molecular formula is C21H29N3O2. The molecule has 3 N–H and O–H groups in total. The zero-order valence-corrected chi connectivity index (χ0v) is 15.5. The van der Waals surface area contributed by atoms with E-state index in [9.17, 15) is 9.59 Å². The highest BCUT2D eigenvalue weighted by Gasteiger charge is 2.40. The van der Waals surface area contributed by atoms with Gasteiger partial charge in [-0.1, -0.05) is 6.42 Å². The van der Waals surface area contributed by atoms with Crippen LogP contribution in [0.1, 0.15) is 51.0 Å². The van der Waals surface area contributed by atoms with Gasteiger partial charge in [-0.2, -0.15) is 0 Å². The van der Waals surface area contributed by atoms with E-state index in [1.807, 2.05) is 23.1 Å². The molecule has 2 saturated carbocycles. The smallest absolute Gasteiger partial charge is 0.227 e. The molecule has 0 aromatic heterocycles. The van der Waals surface area contributed by atoms with Crippen LogP contribution in [0.25, 0.3) is 0 Å². The number of rotatable bonds is 2. The number of carbonyl (C=O) groups is 2. The first-order chi connectivity index (χ1) is 12.5. The zero-order valence-electron chi connectivity index (χ0n) is 15.5. The van der Waals surface area contributed by atoms with E-state index in [1.54, 1.807) is 6.92 Å². The third-order valence-corrected chi connectivity index (χ3v) is 6.63. The van der Waals surface area contributed by atoms with Crippen LogP contribution in [-0.4, -0.2) is 24.4 Å². The molecule has 5 heteroatoms. The lowest BCUT2D eigenvalue weighted by molar-refractivity contribution is -0.122.